The first kappa shape index (κ1) is 53.6. The van der Waals surface area contributed by atoms with Crippen molar-refractivity contribution in [1.82, 2.24) is 4.90 Å². The number of anilines is 3. The number of fused-ring (bicyclic) bond motifs is 2. The molecule has 4 aromatic rings. The summed E-state index contributed by atoms with van der Waals surface area (Å²) in [7, 11) is -1.27. The zero-order chi connectivity index (χ0) is 52.7. The van der Waals surface area contributed by atoms with E-state index in [1.807, 2.05) is 61.5 Å². The fourth-order valence-electron chi connectivity index (χ4n) is 10.7. The third-order valence-corrected chi connectivity index (χ3v) is 19.0. The van der Waals surface area contributed by atoms with Crippen LogP contribution in [-0.2, 0) is 52.1 Å². The predicted molar refractivity (Wildman–Crippen MR) is 262 cm³/mol. The number of hydrogen-bond acceptors (Lipinski definition) is 17. The molecule has 4 aromatic carbocycles. The lowest BCUT2D eigenvalue weighted by Crippen LogP contribution is -2.60. The molecule has 4 heterocycles. The van der Waals surface area contributed by atoms with E-state index in [0.717, 1.165) is 10.8 Å². The van der Waals surface area contributed by atoms with E-state index < -0.39 is 110 Å². The van der Waals surface area contributed by atoms with E-state index in [2.05, 4.69) is 23.7 Å². The first-order valence-corrected chi connectivity index (χ1v) is 27.0. The molecule has 0 bridgehead atoms. The number of benzene rings is 4. The summed E-state index contributed by atoms with van der Waals surface area (Å²) in [5.41, 5.74) is 0.243. The fourth-order valence-corrected chi connectivity index (χ4v) is 14.7. The van der Waals surface area contributed by atoms with Gasteiger partial charge in [0, 0.05) is 35.9 Å². The lowest BCUT2D eigenvalue weighted by Gasteiger charge is -2.37. The van der Waals surface area contributed by atoms with Crippen LogP contribution in [0.15, 0.2) is 97.1 Å². The molecular formula is C51H62N4O17Si. The number of carbonyl (C=O) groups is 4. The largest absolute Gasteiger partial charge is 0.497 e. The molecule has 21 nitrogen and oxygen atoms in total. The first-order valence-electron chi connectivity index (χ1n) is 23.9. The van der Waals surface area contributed by atoms with Crippen LogP contribution in [0.4, 0.5) is 17.1 Å². The number of aliphatic hydroxyl groups excluding tert-OH is 9. The number of ether oxygens (including phenoxy) is 4. The van der Waals surface area contributed by atoms with Crippen LogP contribution in [0.2, 0.25) is 18.6 Å². The van der Waals surface area contributed by atoms with Gasteiger partial charge in [-0.3, -0.25) is 19.2 Å². The maximum Gasteiger partial charge on any atom is 0.264 e. The zero-order valence-electron chi connectivity index (χ0n) is 40.5. The van der Waals surface area contributed by atoms with Crippen LogP contribution >= 0.6 is 0 Å². The summed E-state index contributed by atoms with van der Waals surface area (Å²) in [6.07, 6.45) is -19.8. The average Bonchev–Trinajstić information content (AvgIpc) is 3.80. The van der Waals surface area contributed by atoms with Crippen LogP contribution in [0.1, 0.15) is 30.0 Å². The molecule has 11 N–H and O–H groups in total. The van der Waals surface area contributed by atoms with Gasteiger partial charge in [-0.25, -0.2) is 0 Å². The number of carbonyl (C=O) groups excluding carboxylic acids is 4. The molecule has 3 fully saturated rings. The summed E-state index contributed by atoms with van der Waals surface area (Å²) >= 11 is 0. The topological polar surface area (TPSA) is 318 Å². The van der Waals surface area contributed by atoms with Gasteiger partial charge >= 0.3 is 0 Å². The molecule has 14 atom stereocenters. The molecule has 0 radical (unpaired) electrons. The summed E-state index contributed by atoms with van der Waals surface area (Å²) in [5.74, 6) is -2.71. The highest BCUT2D eigenvalue weighted by atomic mass is 28.3. The molecule has 3 saturated heterocycles. The molecular weight excluding hydrogens is 969 g/mol. The molecule has 4 aliphatic heterocycles. The van der Waals surface area contributed by atoms with Crippen molar-refractivity contribution >= 4 is 54.0 Å². The number of hydrogen-bond donors (Lipinski definition) is 11. The predicted octanol–water partition coefficient (Wildman–Crippen LogP) is -0.654. The zero-order valence-corrected chi connectivity index (χ0v) is 41.5. The quantitative estimate of drug-likeness (QED) is 0.0659. The maximum atomic E-state index is 15.7. The van der Waals surface area contributed by atoms with Gasteiger partial charge in [-0.15, -0.1) is 0 Å². The van der Waals surface area contributed by atoms with Crippen molar-refractivity contribution in [2.24, 2.45) is 5.92 Å². The highest BCUT2D eigenvalue weighted by Gasteiger charge is 2.66. The van der Waals surface area contributed by atoms with Gasteiger partial charge in [0.25, 0.3) is 17.7 Å². The molecule has 22 heteroatoms. The summed E-state index contributed by atoms with van der Waals surface area (Å²) < 4.78 is 23.0. The van der Waals surface area contributed by atoms with Gasteiger partial charge in [-0.1, -0.05) is 79.8 Å². The molecule has 392 valence electrons. The van der Waals surface area contributed by atoms with E-state index >= 15 is 4.79 Å². The highest BCUT2D eigenvalue weighted by molar-refractivity contribution is 6.91. The van der Waals surface area contributed by atoms with Crippen molar-refractivity contribution in [3.05, 3.63) is 114 Å². The van der Waals surface area contributed by atoms with E-state index in [-0.39, 0.29) is 49.9 Å². The Hall–Kier alpha value is -5.70. The molecule has 4 amide bonds. The molecule has 4 aliphatic rings. The Morgan fingerprint density at radius 1 is 0.726 bits per heavy atom. The Labute approximate surface area is 421 Å². The lowest BCUT2D eigenvalue weighted by atomic mass is 9.82. The van der Waals surface area contributed by atoms with E-state index in [9.17, 15) is 60.3 Å². The SMILES string of the molecule is COc1ccc([Si](C)(C)[C@H]2[C@H](CC(=O)N(CCO)Cc3ccccc3)O[C@@]3(C(=O)N(Cc4ccc(NC(=O)[C@H]5O[C@@H](O)[C@H](O)[C@@H](O)[C@@H]5O)cc4)c4ccc(NC(=O)[C@H]5O[C@@H](O)[C@H](O)[C@@H](O)[C@@H]5O)cc43)[C@@H]2C)cc1. The Kier molecular flexibility index (Phi) is 15.9. The lowest BCUT2D eigenvalue weighted by molar-refractivity contribution is -0.274. The third kappa shape index (κ3) is 10.3. The molecule has 0 unspecified atom stereocenters. The molecule has 8 rings (SSSR count). The molecule has 0 aromatic heterocycles. The van der Waals surface area contributed by atoms with Gasteiger partial charge in [0.15, 0.2) is 30.4 Å². The summed E-state index contributed by atoms with van der Waals surface area (Å²) in [5, 5.41) is 98.0. The van der Waals surface area contributed by atoms with Crippen LogP contribution in [0.5, 0.6) is 5.75 Å². The Balaban J connectivity index is 1.16. The van der Waals surface area contributed by atoms with Gasteiger partial charge < -0.3 is 85.3 Å². The summed E-state index contributed by atoms with van der Waals surface area (Å²) in [6.45, 7) is 6.07. The molecule has 73 heavy (non-hydrogen) atoms. The van der Waals surface area contributed by atoms with E-state index in [1.54, 1.807) is 36.3 Å². The average molecular weight is 1030 g/mol. The second-order valence-electron chi connectivity index (χ2n) is 19.5. The van der Waals surface area contributed by atoms with Crippen molar-refractivity contribution in [3.8, 4) is 5.75 Å². The second-order valence-corrected chi connectivity index (χ2v) is 24.2. The Morgan fingerprint density at radius 2 is 1.29 bits per heavy atom. The van der Waals surface area contributed by atoms with Crippen LogP contribution in [0.3, 0.4) is 0 Å². The number of nitrogens with zero attached hydrogens (tertiary/aromatic N) is 2. The monoisotopic (exact) mass is 1030 g/mol. The van der Waals surface area contributed by atoms with Crippen LogP contribution in [-0.4, -0.2) is 170 Å². The highest BCUT2D eigenvalue weighted by Crippen LogP contribution is 2.60. The molecule has 0 aliphatic carbocycles. The standard InChI is InChI=1S/C51H62N4O17Si/c1-26-45(73(3,4)32-17-15-31(69-2)16-18-32)35(23-36(57)54(20-21-56)24-27-8-6-5-7-9-27)72-51(26)33-22-30(53-47(65)44-40(61)38(59)42(63)49(67)71-44)14-19-34(33)55(50(51)68)25-28-10-12-29(13-11-28)52-46(64)43-39(60)37(58)41(62)48(66)70-43/h5-19,22,26,35,37-45,48-49,56,58-63,66-67H,20-21,23-25H2,1-4H3,(H,52,64)(H,53,65)/t26-,35+,37+,38+,39+,40+,41-,42-,43+,44+,45-,48-,49-,51+/m1/s1. The van der Waals surface area contributed by atoms with Crippen molar-refractivity contribution in [3.63, 3.8) is 0 Å². The minimum atomic E-state index is -2.83. The maximum absolute atomic E-state index is 15.7. The minimum absolute atomic E-state index is 0.0330. The van der Waals surface area contributed by atoms with Gasteiger partial charge in [0.1, 0.15) is 42.4 Å². The third-order valence-electron chi connectivity index (χ3n) is 14.7. The minimum Gasteiger partial charge on any atom is -0.497 e. The van der Waals surface area contributed by atoms with Crippen molar-refractivity contribution < 1.29 is 84.1 Å². The summed E-state index contributed by atoms with van der Waals surface area (Å²) in [6, 6.07) is 28.0. The normalized spacial score (nSPS) is 31.0. The number of rotatable bonds is 15. The van der Waals surface area contributed by atoms with Crippen LogP contribution in [0.25, 0.3) is 0 Å². The smallest absolute Gasteiger partial charge is 0.264 e. The van der Waals surface area contributed by atoms with Gasteiger partial charge in [0.05, 0.1) is 46.5 Å². The summed E-state index contributed by atoms with van der Waals surface area (Å²) in [4.78, 5) is 60.3. The Morgan fingerprint density at radius 3 is 1.85 bits per heavy atom. The van der Waals surface area contributed by atoms with E-state index in [0.29, 0.717) is 22.6 Å². The first-order chi connectivity index (χ1) is 34.7. The van der Waals surface area contributed by atoms with Crippen LogP contribution < -0.4 is 25.5 Å². The number of nitrogens with one attached hydrogen (secondary N) is 2. The molecule has 1 spiro atoms. The number of aliphatic hydroxyl groups is 9. The van der Waals surface area contributed by atoms with Gasteiger partial charge in [-0.05, 0) is 59.1 Å². The molecule has 0 saturated carbocycles. The second kappa shape index (κ2) is 21.6. The van der Waals surface area contributed by atoms with Gasteiger partial charge in [0.2, 0.25) is 5.91 Å². The number of amides is 4. The fraction of sp³-hybridized carbons (Fsp3) is 0.451. The van der Waals surface area contributed by atoms with E-state index in [1.165, 1.54) is 23.1 Å². The van der Waals surface area contributed by atoms with E-state index in [4.69, 9.17) is 18.9 Å². The number of methoxy groups -OCH3 is 1. The Bertz CT molecular complexity index is 2630. The van der Waals surface area contributed by atoms with Gasteiger partial charge in [-0.2, -0.15) is 0 Å². The van der Waals surface area contributed by atoms with Crippen LogP contribution in [0, 0.1) is 5.92 Å². The van der Waals surface area contributed by atoms with Crippen molar-refractivity contribution in [2.45, 2.75) is 118 Å². The van der Waals surface area contributed by atoms with Crippen molar-refractivity contribution in [1.29, 1.82) is 0 Å². The van der Waals surface area contributed by atoms with Crippen molar-refractivity contribution in [2.75, 3.05) is 35.8 Å².